The van der Waals surface area contributed by atoms with E-state index in [0.717, 1.165) is 16.9 Å². The standard InChI is InChI=1S/C15H14F2N4O3/c16-9-1-2-10(11(17)5-9)15(3-4-15)8-18-13(22)7-21-6-12(14(23)24)19-20-21/h1-2,5-6H,3-4,7-8H2,(H,18,22)(H,23,24). The van der Waals surface area contributed by atoms with Crippen LogP contribution in [-0.4, -0.2) is 38.5 Å². The van der Waals surface area contributed by atoms with Crippen molar-refractivity contribution in [3.63, 3.8) is 0 Å². The molecule has 0 bridgehead atoms. The number of carboxylic acids is 1. The van der Waals surface area contributed by atoms with Crippen molar-refractivity contribution < 1.29 is 23.5 Å². The molecule has 2 N–H and O–H groups in total. The zero-order valence-electron chi connectivity index (χ0n) is 12.5. The van der Waals surface area contributed by atoms with Gasteiger partial charge in [-0.1, -0.05) is 11.3 Å². The molecule has 7 nitrogen and oxygen atoms in total. The lowest BCUT2D eigenvalue weighted by atomic mass is 9.95. The number of halogens is 2. The van der Waals surface area contributed by atoms with Crippen molar-refractivity contribution >= 4 is 11.9 Å². The van der Waals surface area contributed by atoms with E-state index >= 15 is 0 Å². The normalized spacial score (nSPS) is 15.1. The molecule has 24 heavy (non-hydrogen) atoms. The molecule has 1 heterocycles. The number of carboxylic acid groups (broad SMARTS) is 1. The van der Waals surface area contributed by atoms with Crippen molar-refractivity contribution in [2.45, 2.75) is 24.8 Å². The third-order valence-corrected chi connectivity index (χ3v) is 4.04. The number of carbonyl (C=O) groups is 2. The van der Waals surface area contributed by atoms with Gasteiger partial charge in [-0.3, -0.25) is 4.79 Å². The first kappa shape index (κ1) is 16.0. The van der Waals surface area contributed by atoms with Gasteiger partial charge in [0.05, 0.1) is 6.20 Å². The number of rotatable bonds is 6. The van der Waals surface area contributed by atoms with E-state index in [1.165, 1.54) is 12.1 Å². The van der Waals surface area contributed by atoms with Gasteiger partial charge in [0.1, 0.15) is 18.2 Å². The predicted octanol–water partition coefficient (Wildman–Crippen LogP) is 1.10. The van der Waals surface area contributed by atoms with Gasteiger partial charge in [0, 0.05) is 18.0 Å². The molecule has 1 aliphatic carbocycles. The van der Waals surface area contributed by atoms with Gasteiger partial charge < -0.3 is 10.4 Å². The van der Waals surface area contributed by atoms with E-state index < -0.39 is 28.9 Å². The lowest BCUT2D eigenvalue weighted by molar-refractivity contribution is -0.122. The van der Waals surface area contributed by atoms with Crippen LogP contribution in [0.25, 0.3) is 0 Å². The maximum absolute atomic E-state index is 13.9. The molecule has 1 aromatic heterocycles. The number of aromatic carboxylic acids is 1. The molecular formula is C15H14F2N4O3. The monoisotopic (exact) mass is 336 g/mol. The van der Waals surface area contributed by atoms with Gasteiger partial charge in [-0.15, -0.1) is 5.10 Å². The van der Waals surface area contributed by atoms with Gasteiger partial charge in [-0.25, -0.2) is 18.3 Å². The highest BCUT2D eigenvalue weighted by Crippen LogP contribution is 2.48. The third-order valence-electron chi connectivity index (χ3n) is 4.04. The molecule has 0 unspecified atom stereocenters. The molecule has 9 heteroatoms. The summed E-state index contributed by atoms with van der Waals surface area (Å²) in [7, 11) is 0. The maximum Gasteiger partial charge on any atom is 0.358 e. The Kier molecular flexibility index (Phi) is 4.00. The predicted molar refractivity (Wildman–Crippen MR) is 77.3 cm³/mol. The van der Waals surface area contributed by atoms with E-state index in [9.17, 15) is 18.4 Å². The molecule has 0 saturated heterocycles. The van der Waals surface area contributed by atoms with Crippen LogP contribution in [-0.2, 0) is 16.8 Å². The van der Waals surface area contributed by atoms with E-state index in [0.29, 0.717) is 18.4 Å². The summed E-state index contributed by atoms with van der Waals surface area (Å²) >= 11 is 0. The smallest absolute Gasteiger partial charge is 0.358 e. The summed E-state index contributed by atoms with van der Waals surface area (Å²) in [5, 5.41) is 18.4. The molecule has 1 aliphatic rings. The Bertz CT molecular complexity index is 802. The molecule has 2 aromatic rings. The van der Waals surface area contributed by atoms with Crippen LogP contribution in [0.3, 0.4) is 0 Å². The minimum Gasteiger partial charge on any atom is -0.476 e. The highest BCUT2D eigenvalue weighted by Gasteiger charge is 2.46. The summed E-state index contributed by atoms with van der Waals surface area (Å²) in [6.45, 7) is 0.0249. The van der Waals surface area contributed by atoms with E-state index in [1.807, 2.05) is 0 Å². The van der Waals surface area contributed by atoms with Crippen LogP contribution in [0.5, 0.6) is 0 Å². The minimum absolute atomic E-state index is 0.192. The summed E-state index contributed by atoms with van der Waals surface area (Å²) in [6, 6.07) is 3.43. The Morgan fingerprint density at radius 3 is 2.67 bits per heavy atom. The van der Waals surface area contributed by atoms with Crippen molar-refractivity contribution in [3.8, 4) is 0 Å². The second-order valence-electron chi connectivity index (χ2n) is 5.79. The first-order valence-corrected chi connectivity index (χ1v) is 7.25. The number of nitrogens with zero attached hydrogens (tertiary/aromatic N) is 3. The summed E-state index contributed by atoms with van der Waals surface area (Å²) in [5.74, 6) is -2.89. The molecule has 126 valence electrons. The Hall–Kier alpha value is -2.84. The van der Waals surface area contributed by atoms with Gasteiger partial charge in [0.15, 0.2) is 5.69 Å². The zero-order valence-corrected chi connectivity index (χ0v) is 12.5. The number of amides is 1. The Morgan fingerprint density at radius 1 is 1.33 bits per heavy atom. The summed E-state index contributed by atoms with van der Waals surface area (Å²) in [4.78, 5) is 22.6. The molecule has 0 atom stereocenters. The van der Waals surface area contributed by atoms with E-state index in [4.69, 9.17) is 5.11 Å². The Morgan fingerprint density at radius 2 is 2.08 bits per heavy atom. The molecule has 1 fully saturated rings. The van der Waals surface area contributed by atoms with Crippen LogP contribution in [0.4, 0.5) is 8.78 Å². The summed E-state index contributed by atoms with van der Waals surface area (Å²) in [6.07, 6.45) is 2.54. The Balaban J connectivity index is 1.60. The molecule has 1 aromatic carbocycles. The number of hydrogen-bond acceptors (Lipinski definition) is 4. The van der Waals surface area contributed by atoms with Gasteiger partial charge >= 0.3 is 5.97 Å². The van der Waals surface area contributed by atoms with Crippen molar-refractivity contribution in [1.82, 2.24) is 20.3 Å². The maximum atomic E-state index is 13.9. The van der Waals surface area contributed by atoms with Crippen LogP contribution < -0.4 is 5.32 Å². The molecule has 3 rings (SSSR count). The van der Waals surface area contributed by atoms with Crippen LogP contribution in [0, 0.1) is 11.6 Å². The van der Waals surface area contributed by atoms with Gasteiger partial charge in [-0.05, 0) is 24.5 Å². The second-order valence-corrected chi connectivity index (χ2v) is 5.79. The minimum atomic E-state index is -1.23. The zero-order chi connectivity index (χ0) is 17.3. The number of hydrogen-bond donors (Lipinski definition) is 2. The average Bonchev–Trinajstić information content (AvgIpc) is 3.15. The van der Waals surface area contributed by atoms with E-state index in [2.05, 4.69) is 15.6 Å². The molecule has 1 saturated carbocycles. The summed E-state index contributed by atoms with van der Waals surface area (Å²) in [5.41, 5.74) is -0.379. The third kappa shape index (κ3) is 3.24. The van der Waals surface area contributed by atoms with Crippen molar-refractivity contribution in [3.05, 3.63) is 47.3 Å². The van der Waals surface area contributed by atoms with E-state index in [-0.39, 0.29) is 18.8 Å². The number of aromatic nitrogens is 3. The van der Waals surface area contributed by atoms with Crippen molar-refractivity contribution in [2.75, 3.05) is 6.54 Å². The lowest BCUT2D eigenvalue weighted by Crippen LogP contribution is -2.35. The van der Waals surface area contributed by atoms with Gasteiger partial charge in [0.2, 0.25) is 5.91 Å². The fourth-order valence-electron chi connectivity index (χ4n) is 2.56. The molecule has 1 amide bonds. The second kappa shape index (κ2) is 5.99. The molecule has 0 spiro atoms. The average molecular weight is 336 g/mol. The number of nitrogens with one attached hydrogen (secondary N) is 1. The number of carbonyl (C=O) groups excluding carboxylic acids is 1. The molecular weight excluding hydrogens is 322 g/mol. The fraction of sp³-hybridized carbons (Fsp3) is 0.333. The van der Waals surface area contributed by atoms with Crippen LogP contribution in [0.15, 0.2) is 24.4 Å². The van der Waals surface area contributed by atoms with Crippen LogP contribution >= 0.6 is 0 Å². The van der Waals surface area contributed by atoms with Crippen LogP contribution in [0.2, 0.25) is 0 Å². The quantitative estimate of drug-likeness (QED) is 0.823. The van der Waals surface area contributed by atoms with Gasteiger partial charge in [-0.2, -0.15) is 0 Å². The van der Waals surface area contributed by atoms with Crippen LogP contribution in [0.1, 0.15) is 28.9 Å². The first-order valence-electron chi connectivity index (χ1n) is 7.25. The van der Waals surface area contributed by atoms with E-state index in [1.54, 1.807) is 0 Å². The van der Waals surface area contributed by atoms with Gasteiger partial charge in [0.25, 0.3) is 0 Å². The van der Waals surface area contributed by atoms with Crippen molar-refractivity contribution in [1.29, 1.82) is 0 Å². The SMILES string of the molecule is O=C(Cn1cc(C(=O)O)nn1)NCC1(c2ccc(F)cc2F)CC1. The first-order chi connectivity index (χ1) is 11.4. The lowest BCUT2D eigenvalue weighted by Gasteiger charge is -2.17. The molecule has 0 aliphatic heterocycles. The Labute approximate surface area is 135 Å². The highest BCUT2D eigenvalue weighted by atomic mass is 19.1. The molecule has 0 radical (unpaired) electrons. The summed E-state index contributed by atoms with van der Waals surface area (Å²) < 4.78 is 28.0. The number of benzene rings is 1. The highest BCUT2D eigenvalue weighted by molar-refractivity contribution is 5.84. The fourth-order valence-corrected chi connectivity index (χ4v) is 2.56. The largest absolute Gasteiger partial charge is 0.476 e. The van der Waals surface area contributed by atoms with Crippen molar-refractivity contribution in [2.24, 2.45) is 0 Å². The topological polar surface area (TPSA) is 97.1 Å².